The molecule has 3 nitrogen and oxygen atoms in total. The van der Waals surface area contributed by atoms with Gasteiger partial charge >= 0.3 is 0 Å². The van der Waals surface area contributed by atoms with E-state index in [1.165, 1.54) is 0 Å². The lowest BCUT2D eigenvalue weighted by Crippen LogP contribution is -2.42. The van der Waals surface area contributed by atoms with Crippen LogP contribution >= 0.6 is 0 Å². The molecule has 3 heteroatoms. The summed E-state index contributed by atoms with van der Waals surface area (Å²) in [6.45, 7) is 0. The molecular formula is C15H19NO2. The monoisotopic (exact) mass is 245 g/mol. The molecule has 1 aliphatic carbocycles. The normalized spacial score (nSPS) is 27.5. The summed E-state index contributed by atoms with van der Waals surface area (Å²) < 4.78 is 5.11. The topological polar surface area (TPSA) is 53.2 Å². The maximum absolute atomic E-state index is 10.7. The second-order valence-corrected chi connectivity index (χ2v) is 5.06. The molecule has 0 spiro atoms. The third-order valence-corrected chi connectivity index (χ3v) is 3.83. The zero-order chi connectivity index (χ0) is 13.0. The van der Waals surface area contributed by atoms with E-state index in [9.17, 15) is 5.11 Å². The largest absolute Gasteiger partial charge is 0.497 e. The van der Waals surface area contributed by atoms with E-state index < -0.39 is 5.60 Å². The predicted octanol–water partition coefficient (Wildman–Crippen LogP) is 2.68. The second kappa shape index (κ2) is 5.41. The van der Waals surface area contributed by atoms with Gasteiger partial charge in [-0.05, 0) is 30.5 Å². The molecule has 1 aromatic rings. The van der Waals surface area contributed by atoms with Crippen LogP contribution in [0.25, 0.3) is 0 Å². The number of nitriles is 1. The summed E-state index contributed by atoms with van der Waals surface area (Å²) in [5, 5.41) is 19.8. The molecule has 0 heterocycles. The number of aliphatic hydroxyl groups is 1. The van der Waals surface area contributed by atoms with E-state index in [0.717, 1.165) is 37.0 Å². The molecule has 1 aliphatic rings. The van der Waals surface area contributed by atoms with Gasteiger partial charge in [-0.1, -0.05) is 25.0 Å². The van der Waals surface area contributed by atoms with Crippen LogP contribution in [0.3, 0.4) is 0 Å². The molecule has 18 heavy (non-hydrogen) atoms. The third-order valence-electron chi connectivity index (χ3n) is 3.83. The molecule has 1 aromatic carbocycles. The average Bonchev–Trinajstić information content (AvgIpc) is 2.40. The number of benzene rings is 1. The van der Waals surface area contributed by atoms with Crippen molar-refractivity contribution in [2.45, 2.75) is 37.7 Å². The fourth-order valence-electron chi connectivity index (χ4n) is 2.72. The molecule has 0 radical (unpaired) electrons. The van der Waals surface area contributed by atoms with E-state index in [2.05, 4.69) is 6.07 Å². The summed E-state index contributed by atoms with van der Waals surface area (Å²) in [6.07, 6.45) is 4.13. The van der Waals surface area contributed by atoms with Crippen molar-refractivity contribution in [1.29, 1.82) is 5.26 Å². The smallest absolute Gasteiger partial charge is 0.118 e. The summed E-state index contributed by atoms with van der Waals surface area (Å²) >= 11 is 0. The van der Waals surface area contributed by atoms with Crippen LogP contribution in [0.15, 0.2) is 24.3 Å². The standard InChI is InChI=1S/C15H19NO2/c1-18-14-7-5-12(6-8-14)10-15(17)9-3-2-4-13(15)11-16/h5-8,13,17H,2-4,9-10H2,1H3. The maximum atomic E-state index is 10.7. The summed E-state index contributed by atoms with van der Waals surface area (Å²) in [5.74, 6) is 0.569. The zero-order valence-corrected chi connectivity index (χ0v) is 10.7. The van der Waals surface area contributed by atoms with Gasteiger partial charge in [0.25, 0.3) is 0 Å². The Morgan fingerprint density at radius 2 is 2.11 bits per heavy atom. The summed E-state index contributed by atoms with van der Waals surface area (Å²) in [7, 11) is 1.63. The highest BCUT2D eigenvalue weighted by Crippen LogP contribution is 2.36. The summed E-state index contributed by atoms with van der Waals surface area (Å²) in [5.41, 5.74) is 0.196. The van der Waals surface area contributed by atoms with Crippen LogP contribution in [0.1, 0.15) is 31.2 Å². The minimum atomic E-state index is -0.860. The minimum Gasteiger partial charge on any atom is -0.497 e. The Morgan fingerprint density at radius 1 is 1.39 bits per heavy atom. The van der Waals surface area contributed by atoms with E-state index in [0.29, 0.717) is 6.42 Å². The Balaban J connectivity index is 2.12. The molecule has 0 amide bonds. The van der Waals surface area contributed by atoms with Crippen molar-refractivity contribution in [1.82, 2.24) is 0 Å². The molecule has 2 unspecified atom stereocenters. The third kappa shape index (κ3) is 2.65. The number of methoxy groups -OCH3 is 1. The quantitative estimate of drug-likeness (QED) is 0.890. The van der Waals surface area contributed by atoms with Crippen molar-refractivity contribution in [2.75, 3.05) is 7.11 Å². The Labute approximate surface area is 108 Å². The molecule has 0 saturated heterocycles. The van der Waals surface area contributed by atoms with Crippen molar-refractivity contribution in [2.24, 2.45) is 5.92 Å². The Bertz CT molecular complexity index is 435. The van der Waals surface area contributed by atoms with E-state index in [1.807, 2.05) is 24.3 Å². The van der Waals surface area contributed by atoms with Crippen LogP contribution in [0.2, 0.25) is 0 Å². The molecule has 96 valence electrons. The lowest BCUT2D eigenvalue weighted by Gasteiger charge is -2.36. The summed E-state index contributed by atoms with van der Waals surface area (Å²) in [4.78, 5) is 0. The van der Waals surface area contributed by atoms with Gasteiger partial charge in [-0.3, -0.25) is 0 Å². The first-order valence-corrected chi connectivity index (χ1v) is 6.43. The van der Waals surface area contributed by atoms with E-state index >= 15 is 0 Å². The SMILES string of the molecule is COc1ccc(CC2(O)CCCCC2C#N)cc1. The minimum absolute atomic E-state index is 0.242. The molecule has 0 aromatic heterocycles. The first-order chi connectivity index (χ1) is 8.68. The Hall–Kier alpha value is -1.53. The maximum Gasteiger partial charge on any atom is 0.118 e. The van der Waals surface area contributed by atoms with Crippen molar-refractivity contribution in [3.05, 3.63) is 29.8 Å². The van der Waals surface area contributed by atoms with E-state index in [-0.39, 0.29) is 5.92 Å². The van der Waals surface area contributed by atoms with Gasteiger partial charge in [0.2, 0.25) is 0 Å². The molecular weight excluding hydrogens is 226 g/mol. The lowest BCUT2D eigenvalue weighted by molar-refractivity contribution is -0.0263. The number of hydrogen-bond acceptors (Lipinski definition) is 3. The van der Waals surface area contributed by atoms with Gasteiger partial charge in [0.05, 0.1) is 24.7 Å². The van der Waals surface area contributed by atoms with Crippen LogP contribution in [-0.4, -0.2) is 17.8 Å². The highest BCUT2D eigenvalue weighted by Gasteiger charge is 2.38. The van der Waals surface area contributed by atoms with Gasteiger partial charge < -0.3 is 9.84 Å². The van der Waals surface area contributed by atoms with E-state index in [1.54, 1.807) is 7.11 Å². The Morgan fingerprint density at radius 3 is 2.72 bits per heavy atom. The van der Waals surface area contributed by atoms with Crippen molar-refractivity contribution >= 4 is 0 Å². The number of hydrogen-bond donors (Lipinski definition) is 1. The first-order valence-electron chi connectivity index (χ1n) is 6.43. The molecule has 0 aliphatic heterocycles. The molecule has 1 fully saturated rings. The molecule has 0 bridgehead atoms. The van der Waals surface area contributed by atoms with E-state index in [4.69, 9.17) is 10.00 Å². The molecule has 2 atom stereocenters. The zero-order valence-electron chi connectivity index (χ0n) is 10.7. The number of nitrogens with zero attached hydrogens (tertiary/aromatic N) is 1. The highest BCUT2D eigenvalue weighted by atomic mass is 16.5. The van der Waals surface area contributed by atoms with Crippen molar-refractivity contribution in [3.8, 4) is 11.8 Å². The second-order valence-electron chi connectivity index (χ2n) is 5.06. The fourth-order valence-corrected chi connectivity index (χ4v) is 2.72. The van der Waals surface area contributed by atoms with Gasteiger partial charge in [0, 0.05) is 6.42 Å². The lowest BCUT2D eigenvalue weighted by atomic mass is 9.73. The number of rotatable bonds is 3. The Kier molecular flexibility index (Phi) is 3.88. The predicted molar refractivity (Wildman–Crippen MR) is 69.2 cm³/mol. The van der Waals surface area contributed by atoms with Gasteiger partial charge in [-0.25, -0.2) is 0 Å². The van der Waals surface area contributed by atoms with Gasteiger partial charge in [-0.2, -0.15) is 5.26 Å². The van der Waals surface area contributed by atoms with Crippen molar-refractivity contribution < 1.29 is 9.84 Å². The van der Waals surface area contributed by atoms with Crippen LogP contribution < -0.4 is 4.74 Å². The summed E-state index contributed by atoms with van der Waals surface area (Å²) in [6, 6.07) is 9.96. The molecule has 2 rings (SSSR count). The first kappa shape index (κ1) is 12.9. The van der Waals surface area contributed by atoms with Crippen LogP contribution in [0.5, 0.6) is 5.75 Å². The highest BCUT2D eigenvalue weighted by molar-refractivity contribution is 5.28. The van der Waals surface area contributed by atoms with Crippen LogP contribution in [-0.2, 0) is 6.42 Å². The van der Waals surface area contributed by atoms with Gasteiger partial charge in [0.15, 0.2) is 0 Å². The van der Waals surface area contributed by atoms with Crippen LogP contribution in [0, 0.1) is 17.2 Å². The fraction of sp³-hybridized carbons (Fsp3) is 0.533. The molecule has 1 N–H and O–H groups in total. The number of ether oxygens (including phenoxy) is 1. The van der Waals surface area contributed by atoms with Gasteiger partial charge in [0.1, 0.15) is 5.75 Å². The average molecular weight is 245 g/mol. The molecule has 1 saturated carbocycles. The van der Waals surface area contributed by atoms with Crippen LogP contribution in [0.4, 0.5) is 0 Å². The van der Waals surface area contributed by atoms with Gasteiger partial charge in [-0.15, -0.1) is 0 Å². The van der Waals surface area contributed by atoms with Crippen molar-refractivity contribution in [3.63, 3.8) is 0 Å².